The molecule has 3 heterocycles. The zero-order chi connectivity index (χ0) is 18.4. The predicted molar refractivity (Wildman–Crippen MR) is 97.1 cm³/mol. The molecule has 2 aromatic carbocycles. The van der Waals surface area contributed by atoms with Gasteiger partial charge < -0.3 is 8.83 Å². The summed E-state index contributed by atoms with van der Waals surface area (Å²) in [7, 11) is 0. The van der Waals surface area contributed by atoms with Crippen LogP contribution in [0.2, 0.25) is 0 Å². The molecular weight excluding hydrogens is 348 g/mol. The minimum absolute atomic E-state index is 0.0596. The van der Waals surface area contributed by atoms with Gasteiger partial charge in [-0.05, 0) is 24.3 Å². The Labute approximate surface area is 150 Å². The van der Waals surface area contributed by atoms with E-state index in [0.29, 0.717) is 33.2 Å². The first-order valence-corrected chi connectivity index (χ1v) is 8.05. The van der Waals surface area contributed by atoms with Crippen LogP contribution in [-0.4, -0.2) is 20.2 Å². The summed E-state index contributed by atoms with van der Waals surface area (Å²) >= 11 is 0. The second kappa shape index (κ2) is 5.73. The van der Waals surface area contributed by atoms with Crippen molar-refractivity contribution in [3.05, 3.63) is 75.4 Å². The van der Waals surface area contributed by atoms with Crippen LogP contribution in [0.4, 0.5) is 0 Å². The van der Waals surface area contributed by atoms with Crippen LogP contribution in [-0.2, 0) is 0 Å². The van der Waals surface area contributed by atoms with Gasteiger partial charge in [0.05, 0.1) is 21.8 Å². The highest BCUT2D eigenvalue weighted by molar-refractivity contribution is 5.79. The van der Waals surface area contributed by atoms with Gasteiger partial charge in [-0.15, -0.1) is 0 Å². The highest BCUT2D eigenvalue weighted by Gasteiger charge is 2.15. The molecule has 8 nitrogen and oxygen atoms in total. The van der Waals surface area contributed by atoms with Gasteiger partial charge in [-0.1, -0.05) is 24.3 Å². The maximum Gasteiger partial charge on any atom is 0.347 e. The number of para-hydroxylation sites is 2. The molecule has 8 heteroatoms. The van der Waals surface area contributed by atoms with Crippen LogP contribution in [0.1, 0.15) is 0 Å². The summed E-state index contributed by atoms with van der Waals surface area (Å²) < 4.78 is 10.5. The number of hydrogen-bond acceptors (Lipinski definition) is 7. The molecule has 5 aromatic rings. The summed E-state index contributed by atoms with van der Waals surface area (Å²) in [4.78, 5) is 32.9. The van der Waals surface area contributed by atoms with Gasteiger partial charge in [0.2, 0.25) is 5.89 Å². The van der Waals surface area contributed by atoms with E-state index in [2.05, 4.69) is 20.2 Å². The lowest BCUT2D eigenvalue weighted by Crippen LogP contribution is -2.02. The third-order valence-electron chi connectivity index (χ3n) is 4.10. The third kappa shape index (κ3) is 2.51. The van der Waals surface area contributed by atoms with E-state index in [1.807, 2.05) is 0 Å². The average molecular weight is 358 g/mol. The number of aromatic nitrogens is 4. The molecule has 0 spiro atoms. The van der Waals surface area contributed by atoms with Crippen molar-refractivity contribution >= 4 is 21.8 Å². The molecule has 0 aliphatic heterocycles. The smallest absolute Gasteiger partial charge is 0.347 e. The Bertz CT molecular complexity index is 1320. The van der Waals surface area contributed by atoms with Crippen LogP contribution in [0.5, 0.6) is 0 Å². The SMILES string of the molecule is O=c1oc(-c2cc(-c3nc4ccccc4c(=O)o3)[nH]n2)nc2ccccc12. The van der Waals surface area contributed by atoms with Crippen molar-refractivity contribution in [2.45, 2.75) is 0 Å². The molecule has 0 radical (unpaired) electrons. The molecule has 0 unspecified atom stereocenters. The summed E-state index contributed by atoms with van der Waals surface area (Å²) in [5.74, 6) is 0.143. The second-order valence-electron chi connectivity index (χ2n) is 5.81. The molecule has 130 valence electrons. The quantitative estimate of drug-likeness (QED) is 0.516. The second-order valence-corrected chi connectivity index (χ2v) is 5.81. The zero-order valence-corrected chi connectivity index (χ0v) is 13.7. The molecule has 3 aromatic heterocycles. The van der Waals surface area contributed by atoms with Gasteiger partial charge in [0.1, 0.15) is 11.4 Å². The van der Waals surface area contributed by atoms with Crippen molar-refractivity contribution in [1.29, 1.82) is 0 Å². The fourth-order valence-electron chi connectivity index (χ4n) is 2.80. The number of rotatable bonds is 2. The van der Waals surface area contributed by atoms with Crippen molar-refractivity contribution in [1.82, 2.24) is 20.2 Å². The zero-order valence-electron chi connectivity index (χ0n) is 13.7. The summed E-state index contributed by atoms with van der Waals surface area (Å²) in [6, 6.07) is 15.3. The van der Waals surface area contributed by atoms with E-state index in [1.54, 1.807) is 54.6 Å². The molecule has 27 heavy (non-hydrogen) atoms. The Morgan fingerprint density at radius 3 is 1.96 bits per heavy atom. The van der Waals surface area contributed by atoms with E-state index in [1.165, 1.54) is 0 Å². The fourth-order valence-corrected chi connectivity index (χ4v) is 2.80. The molecule has 0 aliphatic carbocycles. The minimum Gasteiger partial charge on any atom is -0.401 e. The Morgan fingerprint density at radius 2 is 1.30 bits per heavy atom. The predicted octanol–water partition coefficient (Wildman–Crippen LogP) is 2.75. The fraction of sp³-hybridized carbons (Fsp3) is 0. The van der Waals surface area contributed by atoms with Gasteiger partial charge >= 0.3 is 11.3 Å². The number of fused-ring (bicyclic) bond motifs is 2. The monoisotopic (exact) mass is 358 g/mol. The van der Waals surface area contributed by atoms with Crippen LogP contribution >= 0.6 is 0 Å². The van der Waals surface area contributed by atoms with Crippen LogP contribution in [0.25, 0.3) is 45.0 Å². The Morgan fingerprint density at radius 1 is 0.741 bits per heavy atom. The van der Waals surface area contributed by atoms with Crippen molar-refractivity contribution in [3.63, 3.8) is 0 Å². The highest BCUT2D eigenvalue weighted by Crippen LogP contribution is 2.22. The first-order valence-electron chi connectivity index (χ1n) is 8.05. The van der Waals surface area contributed by atoms with E-state index in [0.717, 1.165) is 0 Å². The van der Waals surface area contributed by atoms with Crippen LogP contribution in [0.15, 0.2) is 73.0 Å². The Hall–Kier alpha value is -4.07. The van der Waals surface area contributed by atoms with Gasteiger partial charge in [-0.25, -0.2) is 19.6 Å². The van der Waals surface area contributed by atoms with Gasteiger partial charge in [-0.2, -0.15) is 5.10 Å². The Kier molecular flexibility index (Phi) is 3.23. The van der Waals surface area contributed by atoms with Gasteiger partial charge in [0.25, 0.3) is 5.89 Å². The normalized spacial score (nSPS) is 11.3. The number of aromatic amines is 1. The summed E-state index contributed by atoms with van der Waals surface area (Å²) in [5, 5.41) is 7.61. The first kappa shape index (κ1) is 15.2. The van der Waals surface area contributed by atoms with Crippen molar-refractivity contribution < 1.29 is 8.83 Å². The molecule has 0 saturated carbocycles. The first-order chi connectivity index (χ1) is 13.2. The average Bonchev–Trinajstić information content (AvgIpc) is 3.18. The summed E-state index contributed by atoms with van der Waals surface area (Å²) in [5.41, 5.74) is 0.674. The van der Waals surface area contributed by atoms with Gasteiger partial charge in [0.15, 0.2) is 0 Å². The minimum atomic E-state index is -0.504. The van der Waals surface area contributed by atoms with E-state index < -0.39 is 11.3 Å². The molecule has 0 aliphatic rings. The van der Waals surface area contributed by atoms with E-state index in [4.69, 9.17) is 8.83 Å². The molecule has 5 rings (SSSR count). The van der Waals surface area contributed by atoms with Crippen LogP contribution < -0.4 is 11.3 Å². The van der Waals surface area contributed by atoms with Gasteiger partial charge in [-0.3, -0.25) is 5.10 Å². The lowest BCUT2D eigenvalue weighted by molar-refractivity contribution is 0.515. The maximum atomic E-state index is 12.1. The molecule has 0 amide bonds. The topological polar surface area (TPSA) is 115 Å². The number of hydrogen-bond donors (Lipinski definition) is 1. The summed E-state index contributed by atoms with van der Waals surface area (Å²) in [6.45, 7) is 0. The lowest BCUT2D eigenvalue weighted by atomic mass is 10.2. The highest BCUT2D eigenvalue weighted by atomic mass is 16.4. The van der Waals surface area contributed by atoms with Crippen LogP contribution in [0, 0.1) is 0 Å². The number of nitrogens with one attached hydrogen (secondary N) is 1. The number of H-pyrrole nitrogens is 1. The molecule has 0 atom stereocenters. The number of nitrogens with zero attached hydrogens (tertiary/aromatic N) is 3. The summed E-state index contributed by atoms with van der Waals surface area (Å²) in [6.07, 6.45) is 0. The standard InChI is InChI=1S/C19H10N4O4/c24-18-10-5-1-3-7-12(10)20-16(26-18)14-9-15(23-22-14)17-21-13-8-4-2-6-11(13)19(25)27-17/h1-9H,(H,22,23). The molecule has 1 N–H and O–H groups in total. The van der Waals surface area contributed by atoms with E-state index in [9.17, 15) is 9.59 Å². The van der Waals surface area contributed by atoms with Gasteiger partial charge in [0, 0.05) is 6.07 Å². The Balaban J connectivity index is 1.63. The maximum absolute atomic E-state index is 12.1. The third-order valence-corrected chi connectivity index (χ3v) is 4.10. The van der Waals surface area contributed by atoms with E-state index in [-0.39, 0.29) is 11.8 Å². The van der Waals surface area contributed by atoms with Crippen LogP contribution in [0.3, 0.4) is 0 Å². The largest absolute Gasteiger partial charge is 0.401 e. The molecular formula is C19H10N4O4. The molecule has 0 bridgehead atoms. The lowest BCUT2D eigenvalue weighted by Gasteiger charge is -1.98. The van der Waals surface area contributed by atoms with Crippen molar-refractivity contribution in [2.75, 3.05) is 0 Å². The van der Waals surface area contributed by atoms with Crippen molar-refractivity contribution in [2.24, 2.45) is 0 Å². The number of benzene rings is 2. The van der Waals surface area contributed by atoms with Crippen molar-refractivity contribution in [3.8, 4) is 23.2 Å². The molecule has 0 fully saturated rings. The van der Waals surface area contributed by atoms with E-state index >= 15 is 0 Å². The molecule has 0 saturated heterocycles.